The molecule has 0 amide bonds. The fraction of sp³-hybridized carbons (Fsp3) is 0.0500. The summed E-state index contributed by atoms with van der Waals surface area (Å²) >= 11 is 0. The molecule has 3 aromatic carbocycles. The van der Waals surface area contributed by atoms with Crippen LogP contribution in [0.5, 0.6) is 5.75 Å². The van der Waals surface area contributed by atoms with Gasteiger partial charge in [-0.3, -0.25) is 0 Å². The number of benzene rings is 3. The van der Waals surface area contributed by atoms with Crippen molar-refractivity contribution in [1.29, 1.82) is 0 Å². The highest BCUT2D eigenvalue weighted by Gasteiger charge is 2.12. The largest absolute Gasteiger partial charge is 0.422 e. The predicted octanol–water partition coefficient (Wildman–Crippen LogP) is 4.88. The van der Waals surface area contributed by atoms with Gasteiger partial charge in [-0.2, -0.15) is 0 Å². The smallest absolute Gasteiger partial charge is 0.343 e. The molecular weight excluding hydrogens is 272 g/mol. The van der Waals surface area contributed by atoms with E-state index in [1.54, 1.807) is 12.1 Å². The highest BCUT2D eigenvalue weighted by Crippen LogP contribution is 2.31. The molecule has 0 heterocycles. The quantitative estimate of drug-likeness (QED) is 0.507. The molecule has 2 nitrogen and oxygen atoms in total. The first-order chi connectivity index (χ1) is 10.7. The minimum atomic E-state index is -0.346. The van der Waals surface area contributed by atoms with Crippen LogP contribution in [0.4, 0.5) is 0 Å². The van der Waals surface area contributed by atoms with Crippen LogP contribution in [0, 0.1) is 6.92 Å². The molecule has 0 radical (unpaired) electrons. The molecular formula is C20H16O2. The van der Waals surface area contributed by atoms with E-state index in [1.807, 2.05) is 73.7 Å². The maximum absolute atomic E-state index is 12.3. The van der Waals surface area contributed by atoms with Gasteiger partial charge in [0.25, 0.3) is 0 Å². The molecule has 2 heteroatoms. The third-order valence-corrected chi connectivity index (χ3v) is 3.43. The molecule has 0 spiro atoms. The maximum atomic E-state index is 12.3. The molecule has 108 valence electrons. The Kier molecular flexibility index (Phi) is 4.01. The molecule has 0 aromatic heterocycles. The van der Waals surface area contributed by atoms with Crippen molar-refractivity contribution in [3.8, 4) is 16.9 Å². The number of carbonyl (C=O) groups excluding carboxylic acids is 1. The van der Waals surface area contributed by atoms with Gasteiger partial charge in [-0.05, 0) is 36.8 Å². The topological polar surface area (TPSA) is 26.3 Å². The first-order valence-electron chi connectivity index (χ1n) is 7.17. The van der Waals surface area contributed by atoms with Gasteiger partial charge in [0.1, 0.15) is 5.75 Å². The highest BCUT2D eigenvalue weighted by molar-refractivity contribution is 5.92. The van der Waals surface area contributed by atoms with E-state index >= 15 is 0 Å². The van der Waals surface area contributed by atoms with Crippen LogP contribution in [0.2, 0.25) is 0 Å². The predicted molar refractivity (Wildman–Crippen MR) is 88.0 cm³/mol. The van der Waals surface area contributed by atoms with Crippen molar-refractivity contribution in [2.24, 2.45) is 0 Å². The molecule has 3 aromatic rings. The Balaban J connectivity index is 1.96. The van der Waals surface area contributed by atoms with Crippen molar-refractivity contribution in [3.05, 3.63) is 90.0 Å². The van der Waals surface area contributed by atoms with E-state index in [2.05, 4.69) is 0 Å². The van der Waals surface area contributed by atoms with Crippen LogP contribution in [0.3, 0.4) is 0 Å². The lowest BCUT2D eigenvalue weighted by Crippen LogP contribution is -2.09. The second kappa shape index (κ2) is 6.27. The molecule has 3 rings (SSSR count). The minimum absolute atomic E-state index is 0.346. The molecule has 0 atom stereocenters. The Hall–Kier alpha value is -2.87. The maximum Gasteiger partial charge on any atom is 0.343 e. The van der Waals surface area contributed by atoms with Crippen molar-refractivity contribution < 1.29 is 9.53 Å². The van der Waals surface area contributed by atoms with Crippen molar-refractivity contribution in [3.63, 3.8) is 0 Å². The number of esters is 1. The van der Waals surface area contributed by atoms with Crippen LogP contribution in [-0.4, -0.2) is 5.97 Å². The Labute approximate surface area is 130 Å². The summed E-state index contributed by atoms with van der Waals surface area (Å²) in [6.07, 6.45) is 0. The van der Waals surface area contributed by atoms with E-state index < -0.39 is 0 Å². The second-order valence-electron chi connectivity index (χ2n) is 5.12. The van der Waals surface area contributed by atoms with E-state index in [4.69, 9.17) is 4.74 Å². The molecule has 22 heavy (non-hydrogen) atoms. The molecule has 0 N–H and O–H groups in total. The van der Waals surface area contributed by atoms with E-state index in [0.717, 1.165) is 16.7 Å². The zero-order valence-electron chi connectivity index (χ0n) is 12.3. The molecule has 0 aliphatic carbocycles. The average Bonchev–Trinajstić information content (AvgIpc) is 2.58. The lowest BCUT2D eigenvalue weighted by molar-refractivity contribution is 0.0735. The first kappa shape index (κ1) is 14.1. The molecule has 0 unspecified atom stereocenters. The minimum Gasteiger partial charge on any atom is -0.422 e. The van der Waals surface area contributed by atoms with Gasteiger partial charge >= 0.3 is 5.97 Å². The van der Waals surface area contributed by atoms with Gasteiger partial charge in [-0.25, -0.2) is 4.79 Å². The zero-order chi connectivity index (χ0) is 15.4. The summed E-state index contributed by atoms with van der Waals surface area (Å²) < 4.78 is 5.60. The molecule has 0 saturated carbocycles. The zero-order valence-corrected chi connectivity index (χ0v) is 12.3. The van der Waals surface area contributed by atoms with Gasteiger partial charge in [0, 0.05) is 5.56 Å². The van der Waals surface area contributed by atoms with Gasteiger partial charge in [0.15, 0.2) is 0 Å². The Bertz CT molecular complexity index is 777. The van der Waals surface area contributed by atoms with E-state index in [0.29, 0.717) is 11.3 Å². The highest BCUT2D eigenvalue weighted by atomic mass is 16.5. The molecule has 0 aliphatic rings. The summed E-state index contributed by atoms with van der Waals surface area (Å²) in [5.41, 5.74) is 3.62. The van der Waals surface area contributed by atoms with Gasteiger partial charge in [-0.1, -0.05) is 60.2 Å². The number of hydrogen-bond acceptors (Lipinski definition) is 2. The van der Waals surface area contributed by atoms with E-state index in [1.165, 1.54) is 0 Å². The van der Waals surface area contributed by atoms with Crippen LogP contribution in [-0.2, 0) is 0 Å². The first-order valence-corrected chi connectivity index (χ1v) is 7.17. The standard InChI is InChI=1S/C20H16O2/c1-15-12-13-19(18(14-15)16-8-4-2-5-9-16)22-20(21)17-10-6-3-7-11-17/h2-14H,1H3. The van der Waals surface area contributed by atoms with E-state index in [-0.39, 0.29) is 5.97 Å². The van der Waals surface area contributed by atoms with Gasteiger partial charge in [0.2, 0.25) is 0 Å². The number of rotatable bonds is 3. The number of hydrogen-bond donors (Lipinski definition) is 0. The average molecular weight is 288 g/mol. The Morgan fingerprint density at radius 1 is 0.818 bits per heavy atom. The van der Waals surface area contributed by atoms with Crippen LogP contribution in [0.15, 0.2) is 78.9 Å². The normalized spacial score (nSPS) is 10.2. The summed E-state index contributed by atoms with van der Waals surface area (Å²) in [6.45, 7) is 2.02. The molecule has 0 saturated heterocycles. The summed E-state index contributed by atoms with van der Waals surface area (Å²) in [5, 5.41) is 0. The van der Waals surface area contributed by atoms with Gasteiger partial charge in [-0.15, -0.1) is 0 Å². The number of aryl methyl sites for hydroxylation is 1. The lowest BCUT2D eigenvalue weighted by atomic mass is 10.0. The van der Waals surface area contributed by atoms with Crippen molar-refractivity contribution in [1.82, 2.24) is 0 Å². The third-order valence-electron chi connectivity index (χ3n) is 3.43. The molecule has 0 aliphatic heterocycles. The van der Waals surface area contributed by atoms with Crippen molar-refractivity contribution >= 4 is 5.97 Å². The summed E-state index contributed by atoms with van der Waals surface area (Å²) in [4.78, 5) is 12.3. The van der Waals surface area contributed by atoms with Crippen LogP contribution in [0.1, 0.15) is 15.9 Å². The van der Waals surface area contributed by atoms with Crippen molar-refractivity contribution in [2.45, 2.75) is 6.92 Å². The second-order valence-corrected chi connectivity index (χ2v) is 5.12. The number of ether oxygens (including phenoxy) is 1. The van der Waals surface area contributed by atoms with Gasteiger partial charge < -0.3 is 4.74 Å². The van der Waals surface area contributed by atoms with Gasteiger partial charge in [0.05, 0.1) is 5.56 Å². The van der Waals surface area contributed by atoms with Crippen LogP contribution < -0.4 is 4.74 Å². The van der Waals surface area contributed by atoms with Crippen LogP contribution in [0.25, 0.3) is 11.1 Å². The lowest BCUT2D eigenvalue weighted by Gasteiger charge is -2.11. The SMILES string of the molecule is Cc1ccc(OC(=O)c2ccccc2)c(-c2ccccc2)c1. The fourth-order valence-corrected chi connectivity index (χ4v) is 2.31. The fourth-order valence-electron chi connectivity index (χ4n) is 2.31. The van der Waals surface area contributed by atoms with Crippen LogP contribution >= 0.6 is 0 Å². The monoisotopic (exact) mass is 288 g/mol. The third kappa shape index (κ3) is 3.07. The van der Waals surface area contributed by atoms with Crippen molar-refractivity contribution in [2.75, 3.05) is 0 Å². The summed E-state index contributed by atoms with van der Waals surface area (Å²) in [6, 6.07) is 24.8. The number of carbonyl (C=O) groups is 1. The molecule has 0 bridgehead atoms. The Morgan fingerprint density at radius 3 is 2.14 bits per heavy atom. The summed E-state index contributed by atoms with van der Waals surface area (Å²) in [7, 11) is 0. The molecule has 0 fully saturated rings. The summed E-state index contributed by atoms with van der Waals surface area (Å²) in [5.74, 6) is 0.229. The Morgan fingerprint density at radius 2 is 1.45 bits per heavy atom. The van der Waals surface area contributed by atoms with E-state index in [9.17, 15) is 4.79 Å².